The first-order valence-corrected chi connectivity index (χ1v) is 6.64. The summed E-state index contributed by atoms with van der Waals surface area (Å²) in [6.45, 7) is 0. The summed E-state index contributed by atoms with van der Waals surface area (Å²) in [5.41, 5.74) is 14.3. The fourth-order valence-electron chi connectivity index (χ4n) is 0.806. The molecular weight excluding hydrogens is 516 g/mol. The van der Waals surface area contributed by atoms with E-state index in [1.165, 1.54) is 0 Å². The van der Waals surface area contributed by atoms with Crippen LogP contribution in [0.5, 0.6) is 0 Å². The van der Waals surface area contributed by atoms with E-state index in [0.29, 0.717) is 0 Å². The smallest absolute Gasteiger partial charge is 0.550 e. The molecule has 0 aromatic carbocycles. The molecule has 3 atom stereocenters. The largest absolute Gasteiger partial charge is 2.00 e. The van der Waals surface area contributed by atoms with Crippen molar-refractivity contribution in [2.75, 3.05) is 0 Å². The van der Waals surface area contributed by atoms with Crippen LogP contribution < -0.4 is 140 Å². The topological polar surface area (TPSA) is 313 Å². The number of aliphatic carboxylic acids is 6. The van der Waals surface area contributed by atoms with Gasteiger partial charge in [0.15, 0.2) is 0 Å². The molecule has 15 nitrogen and oxygen atoms in total. The van der Waals surface area contributed by atoms with Crippen molar-refractivity contribution in [2.24, 2.45) is 17.2 Å². The molecule has 0 fully saturated rings. The van der Waals surface area contributed by atoms with Crippen LogP contribution in [0.15, 0.2) is 0 Å². The second kappa shape index (κ2) is 29.1. The summed E-state index contributed by atoms with van der Waals surface area (Å²) in [4.78, 5) is 58.3. The number of halogens is 1. The maximum atomic E-state index is 9.74. The molecule has 0 aromatic rings. The fraction of sp³-hybridized carbons (Fsp3) is 0.500. The number of carbonyl (C=O) groups excluding carboxylic acids is 4. The number of rotatable bonds is 9. The molecular formula is C12H18ClK2MgN3O12. The quantitative estimate of drug-likeness (QED) is 0.171. The van der Waals surface area contributed by atoms with Crippen molar-refractivity contribution < 1.29 is 162 Å². The van der Waals surface area contributed by atoms with Gasteiger partial charge in [0.25, 0.3) is 0 Å². The molecule has 0 radical (unpaired) electrons. The summed E-state index contributed by atoms with van der Waals surface area (Å²) in [6.07, 6.45) is -1.90. The monoisotopic (exact) mass is 533 g/mol. The van der Waals surface area contributed by atoms with Crippen molar-refractivity contribution in [2.45, 2.75) is 37.4 Å². The Bertz CT molecular complexity index is 497. The third-order valence-corrected chi connectivity index (χ3v) is 2.08. The van der Waals surface area contributed by atoms with Crippen molar-refractivity contribution in [3.8, 4) is 0 Å². The van der Waals surface area contributed by atoms with Crippen LogP contribution in [0, 0.1) is 0 Å². The van der Waals surface area contributed by atoms with Gasteiger partial charge in [-0.15, -0.1) is 12.4 Å². The van der Waals surface area contributed by atoms with E-state index in [2.05, 4.69) is 0 Å². The molecule has 8 N–H and O–H groups in total. The second-order valence-corrected chi connectivity index (χ2v) is 4.55. The summed E-state index contributed by atoms with van der Waals surface area (Å²) in [5, 5.41) is 54.7. The molecule has 0 aromatic heterocycles. The Balaban J connectivity index is -0.0000000524. The van der Waals surface area contributed by atoms with Crippen LogP contribution in [0.25, 0.3) is 0 Å². The van der Waals surface area contributed by atoms with Gasteiger partial charge in [-0.1, -0.05) is 0 Å². The second-order valence-electron chi connectivity index (χ2n) is 4.55. The van der Waals surface area contributed by atoms with Crippen molar-refractivity contribution in [1.82, 2.24) is 0 Å². The van der Waals surface area contributed by atoms with Crippen LogP contribution >= 0.6 is 12.4 Å². The van der Waals surface area contributed by atoms with Gasteiger partial charge in [-0.25, -0.2) is 0 Å². The predicted molar refractivity (Wildman–Crippen MR) is 86.1 cm³/mol. The normalized spacial score (nSPS) is 10.9. The summed E-state index contributed by atoms with van der Waals surface area (Å²) in [7, 11) is 0. The van der Waals surface area contributed by atoms with Crippen LogP contribution in [-0.2, 0) is 28.8 Å². The molecule has 31 heavy (non-hydrogen) atoms. The van der Waals surface area contributed by atoms with Crippen molar-refractivity contribution in [3.63, 3.8) is 0 Å². The van der Waals surface area contributed by atoms with E-state index in [1.54, 1.807) is 0 Å². The Labute approximate surface area is 283 Å². The van der Waals surface area contributed by atoms with Gasteiger partial charge in [-0.2, -0.15) is 0 Å². The Morgan fingerprint density at radius 1 is 0.613 bits per heavy atom. The van der Waals surface area contributed by atoms with Crippen LogP contribution in [0.3, 0.4) is 0 Å². The van der Waals surface area contributed by atoms with Gasteiger partial charge in [0, 0.05) is 18.4 Å². The van der Waals surface area contributed by atoms with Gasteiger partial charge in [-0.3, -0.25) is 9.59 Å². The zero-order valence-corrected chi connectivity index (χ0v) is 25.2. The van der Waals surface area contributed by atoms with E-state index in [0.717, 1.165) is 0 Å². The average Bonchev–Trinajstić information content (AvgIpc) is 2.46. The maximum Gasteiger partial charge on any atom is 2.00 e. The zero-order chi connectivity index (χ0) is 22.3. The number of carboxylic acids is 6. The minimum atomic E-state index is -1.58. The molecule has 0 saturated heterocycles. The summed E-state index contributed by atoms with van der Waals surface area (Å²) < 4.78 is 0. The third-order valence-electron chi connectivity index (χ3n) is 2.08. The molecule has 0 aliphatic rings. The molecule has 0 spiro atoms. The Morgan fingerprint density at radius 2 is 0.806 bits per heavy atom. The molecule has 3 unspecified atom stereocenters. The fourth-order valence-corrected chi connectivity index (χ4v) is 0.806. The van der Waals surface area contributed by atoms with Crippen molar-refractivity contribution in [3.05, 3.63) is 0 Å². The number of hydrogen-bond acceptors (Lipinski definition) is 13. The van der Waals surface area contributed by atoms with Gasteiger partial charge in [0.1, 0.15) is 0 Å². The molecule has 0 saturated carbocycles. The van der Waals surface area contributed by atoms with Gasteiger partial charge < -0.3 is 67.0 Å². The summed E-state index contributed by atoms with van der Waals surface area (Å²) in [5.74, 6) is -8.65. The van der Waals surface area contributed by atoms with Crippen LogP contribution in [-0.4, -0.2) is 87.2 Å². The number of nitrogens with two attached hydrogens (primary N) is 3. The minimum Gasteiger partial charge on any atom is -0.550 e. The molecule has 164 valence electrons. The first kappa shape index (κ1) is 49.2. The standard InChI is InChI=1S/3C4H7NO4.ClH.2K.Mg/c3*5-2(4(8)9)1-3(6)7;;;;/h3*2H,1,5H2,(H,6,7)(H,8,9);1H;;;/q;;;;2*+1;+2/p-4. The van der Waals surface area contributed by atoms with E-state index in [9.17, 15) is 49.2 Å². The van der Waals surface area contributed by atoms with Gasteiger partial charge >= 0.3 is 138 Å². The molecule has 0 aliphatic carbocycles. The molecule has 0 rings (SSSR count). The Kier molecular flexibility index (Phi) is 46.1. The predicted octanol–water partition coefficient (Wildman–Crippen LogP) is -14.7. The minimum absolute atomic E-state index is 0. The summed E-state index contributed by atoms with van der Waals surface area (Å²) >= 11 is 0. The first-order valence-electron chi connectivity index (χ1n) is 6.64. The van der Waals surface area contributed by atoms with Crippen LogP contribution in [0.1, 0.15) is 19.3 Å². The Morgan fingerprint density at radius 3 is 0.871 bits per heavy atom. The molecule has 0 aliphatic heterocycles. The molecule has 19 heteroatoms. The van der Waals surface area contributed by atoms with Gasteiger partial charge in [-0.05, 0) is 0 Å². The van der Waals surface area contributed by atoms with E-state index in [4.69, 9.17) is 27.4 Å². The zero-order valence-electron chi connectivity index (χ0n) is 16.7. The number of carboxylic acid groups (broad SMARTS) is 6. The molecule has 0 amide bonds. The summed E-state index contributed by atoms with van der Waals surface area (Å²) in [6, 6.07) is -4.26. The van der Waals surface area contributed by atoms with Crippen LogP contribution in [0.4, 0.5) is 0 Å². The molecule has 0 bridgehead atoms. The van der Waals surface area contributed by atoms with Crippen molar-refractivity contribution >= 4 is 71.3 Å². The van der Waals surface area contributed by atoms with Crippen LogP contribution in [0.2, 0.25) is 0 Å². The first-order chi connectivity index (χ1) is 12.1. The van der Waals surface area contributed by atoms with Crippen molar-refractivity contribution in [1.29, 1.82) is 0 Å². The van der Waals surface area contributed by atoms with E-state index in [-0.39, 0.29) is 138 Å². The number of hydrogen-bond donors (Lipinski definition) is 5. The van der Waals surface area contributed by atoms with Gasteiger partial charge in [0.2, 0.25) is 0 Å². The van der Waals surface area contributed by atoms with Gasteiger partial charge in [0.05, 0.1) is 42.8 Å². The third kappa shape index (κ3) is 41.7. The average molecular weight is 534 g/mol. The SMILES string of the molecule is Cl.NC(CC(=O)O)C(=O)[O-].NC(CC(=O)O)C(=O)[O-].NC(CC(=O)[O-])C(=O)[O-].[K+].[K+].[Mg+2]. The van der Waals surface area contributed by atoms with E-state index < -0.39 is 73.2 Å². The maximum absolute atomic E-state index is 9.74. The Hall–Kier alpha value is 1.03. The van der Waals surface area contributed by atoms with E-state index >= 15 is 0 Å². The number of carbonyl (C=O) groups is 6. The van der Waals surface area contributed by atoms with E-state index in [1.807, 2.05) is 0 Å². The molecule has 0 heterocycles.